The van der Waals surface area contributed by atoms with E-state index in [0.29, 0.717) is 30.4 Å². The van der Waals surface area contributed by atoms with E-state index in [-0.39, 0.29) is 11.7 Å². The summed E-state index contributed by atoms with van der Waals surface area (Å²) in [7, 11) is 0. The molecule has 0 saturated carbocycles. The van der Waals surface area contributed by atoms with Crippen molar-refractivity contribution in [2.24, 2.45) is 0 Å². The van der Waals surface area contributed by atoms with Gasteiger partial charge in [-0.3, -0.25) is 4.79 Å². The molecule has 0 radical (unpaired) electrons. The molecule has 3 rings (SSSR count). The predicted octanol–water partition coefficient (Wildman–Crippen LogP) is 4.16. The Morgan fingerprint density at radius 2 is 2.00 bits per heavy atom. The molecule has 0 fully saturated rings. The maximum Gasteiger partial charge on any atom is 0.270 e. The lowest BCUT2D eigenvalue weighted by atomic mass is 9.97. The van der Waals surface area contributed by atoms with E-state index in [1.165, 1.54) is 30.5 Å². The smallest absolute Gasteiger partial charge is 0.270 e. The molecule has 5 nitrogen and oxygen atoms in total. The van der Waals surface area contributed by atoms with Crippen molar-refractivity contribution >= 4 is 11.7 Å². The van der Waals surface area contributed by atoms with E-state index < -0.39 is 0 Å². The van der Waals surface area contributed by atoms with E-state index in [9.17, 15) is 9.18 Å². The Labute approximate surface area is 159 Å². The highest BCUT2D eigenvalue weighted by molar-refractivity contribution is 5.92. The Kier molecular flexibility index (Phi) is 6.52. The minimum atomic E-state index is -0.264. The van der Waals surface area contributed by atoms with Gasteiger partial charge in [-0.1, -0.05) is 23.8 Å². The van der Waals surface area contributed by atoms with Gasteiger partial charge in [0.2, 0.25) is 0 Å². The van der Waals surface area contributed by atoms with Crippen molar-refractivity contribution in [3.63, 3.8) is 0 Å². The third kappa shape index (κ3) is 5.88. The van der Waals surface area contributed by atoms with Gasteiger partial charge in [0.25, 0.3) is 5.91 Å². The lowest BCUT2D eigenvalue weighted by molar-refractivity contribution is 0.0948. The fraction of sp³-hybridized carbons (Fsp3) is 0.381. The third-order valence-corrected chi connectivity index (χ3v) is 4.57. The predicted molar refractivity (Wildman–Crippen MR) is 104 cm³/mol. The van der Waals surface area contributed by atoms with Crippen LogP contribution in [-0.2, 0) is 6.54 Å². The van der Waals surface area contributed by atoms with Crippen LogP contribution in [0.25, 0.3) is 0 Å². The van der Waals surface area contributed by atoms with Crippen LogP contribution in [0.3, 0.4) is 0 Å². The van der Waals surface area contributed by atoms with Crippen LogP contribution < -0.4 is 10.6 Å². The molecule has 0 spiro atoms. The first kappa shape index (κ1) is 19.0. The van der Waals surface area contributed by atoms with Gasteiger partial charge in [-0.2, -0.15) is 0 Å². The number of hydrogen-bond donors (Lipinski definition) is 2. The molecule has 1 aliphatic rings. The second kappa shape index (κ2) is 9.26. The number of allylic oxidation sites excluding steroid dienone is 1. The van der Waals surface area contributed by atoms with E-state index in [2.05, 4.69) is 26.7 Å². The van der Waals surface area contributed by atoms with Gasteiger partial charge in [-0.25, -0.2) is 14.4 Å². The molecule has 1 aliphatic carbocycles. The summed E-state index contributed by atoms with van der Waals surface area (Å²) in [6.07, 6.45) is 7.99. The molecule has 0 unspecified atom stereocenters. The second-order valence-electron chi connectivity index (χ2n) is 6.78. The summed E-state index contributed by atoms with van der Waals surface area (Å²) >= 11 is 0. The number of carbonyl (C=O) groups excluding carboxylic acids is 1. The summed E-state index contributed by atoms with van der Waals surface area (Å²) in [5.41, 5.74) is 2.71. The standard InChI is InChI=1S/C21H25FN4O/c1-15-25-19(21(27)23-12-11-16-5-3-2-4-6-16)13-20(26-15)24-14-17-7-9-18(22)10-8-17/h5,7-10,13H,2-4,6,11-12,14H2,1H3,(H,23,27)(H,24,25,26). The molecule has 142 valence electrons. The Hall–Kier alpha value is -2.76. The normalized spacial score (nSPS) is 13.8. The number of aromatic nitrogens is 2. The first-order chi connectivity index (χ1) is 13.1. The first-order valence-electron chi connectivity index (χ1n) is 9.40. The number of carbonyl (C=O) groups is 1. The number of hydrogen-bond acceptors (Lipinski definition) is 4. The topological polar surface area (TPSA) is 66.9 Å². The number of nitrogens with one attached hydrogen (secondary N) is 2. The molecule has 0 bridgehead atoms. The van der Waals surface area contributed by atoms with Crippen molar-refractivity contribution in [3.05, 3.63) is 64.9 Å². The average Bonchev–Trinajstić information content (AvgIpc) is 2.68. The molecule has 1 aromatic carbocycles. The largest absolute Gasteiger partial charge is 0.366 e. The number of anilines is 1. The molecule has 2 N–H and O–H groups in total. The molecule has 0 atom stereocenters. The highest BCUT2D eigenvalue weighted by Gasteiger charge is 2.11. The summed E-state index contributed by atoms with van der Waals surface area (Å²) in [4.78, 5) is 21.0. The second-order valence-corrected chi connectivity index (χ2v) is 6.78. The number of nitrogens with zero attached hydrogens (tertiary/aromatic N) is 2. The molecule has 1 amide bonds. The third-order valence-electron chi connectivity index (χ3n) is 4.57. The number of amides is 1. The molecule has 2 aromatic rings. The molecule has 0 aliphatic heterocycles. The van der Waals surface area contributed by atoms with Gasteiger partial charge in [-0.05, 0) is 56.7 Å². The van der Waals surface area contributed by atoms with Crippen LogP contribution >= 0.6 is 0 Å². The highest BCUT2D eigenvalue weighted by atomic mass is 19.1. The minimum absolute atomic E-state index is 0.193. The molecule has 1 heterocycles. The molecule has 6 heteroatoms. The molecule has 27 heavy (non-hydrogen) atoms. The Morgan fingerprint density at radius 3 is 2.74 bits per heavy atom. The fourth-order valence-electron chi connectivity index (χ4n) is 3.13. The summed E-state index contributed by atoms with van der Waals surface area (Å²) < 4.78 is 13.0. The quantitative estimate of drug-likeness (QED) is 0.720. The van der Waals surface area contributed by atoms with Crippen molar-refractivity contribution in [2.45, 2.75) is 45.6 Å². The molecular weight excluding hydrogens is 343 g/mol. The van der Waals surface area contributed by atoms with Gasteiger partial charge in [0.15, 0.2) is 0 Å². The Balaban J connectivity index is 1.55. The van der Waals surface area contributed by atoms with Crippen LogP contribution in [0.15, 0.2) is 42.0 Å². The van der Waals surface area contributed by atoms with Crippen molar-refractivity contribution < 1.29 is 9.18 Å². The highest BCUT2D eigenvalue weighted by Crippen LogP contribution is 2.19. The van der Waals surface area contributed by atoms with E-state index >= 15 is 0 Å². The first-order valence-corrected chi connectivity index (χ1v) is 9.40. The van der Waals surface area contributed by atoms with E-state index in [1.807, 2.05) is 0 Å². The number of benzene rings is 1. The van der Waals surface area contributed by atoms with Gasteiger partial charge >= 0.3 is 0 Å². The maximum atomic E-state index is 13.0. The van der Waals surface area contributed by atoms with Crippen LogP contribution in [0, 0.1) is 12.7 Å². The summed E-state index contributed by atoms with van der Waals surface area (Å²) in [6.45, 7) is 2.87. The summed E-state index contributed by atoms with van der Waals surface area (Å²) in [6, 6.07) is 7.91. The van der Waals surface area contributed by atoms with Gasteiger partial charge < -0.3 is 10.6 Å². The molecule has 1 aromatic heterocycles. The van der Waals surface area contributed by atoms with Gasteiger partial charge in [0.1, 0.15) is 23.2 Å². The number of aryl methyl sites for hydroxylation is 1. The Morgan fingerprint density at radius 1 is 1.19 bits per heavy atom. The zero-order valence-electron chi connectivity index (χ0n) is 15.6. The average molecular weight is 368 g/mol. The number of rotatable bonds is 7. The number of halogens is 1. The van der Waals surface area contributed by atoms with Crippen LogP contribution in [0.5, 0.6) is 0 Å². The van der Waals surface area contributed by atoms with Crippen molar-refractivity contribution in [1.29, 1.82) is 0 Å². The van der Waals surface area contributed by atoms with Crippen molar-refractivity contribution in [2.75, 3.05) is 11.9 Å². The summed E-state index contributed by atoms with van der Waals surface area (Å²) in [5, 5.41) is 6.10. The van der Waals surface area contributed by atoms with Crippen LogP contribution in [0.2, 0.25) is 0 Å². The van der Waals surface area contributed by atoms with E-state index in [4.69, 9.17) is 0 Å². The van der Waals surface area contributed by atoms with E-state index in [1.54, 1.807) is 25.1 Å². The molecule has 0 saturated heterocycles. The van der Waals surface area contributed by atoms with Crippen LogP contribution in [0.4, 0.5) is 10.2 Å². The minimum Gasteiger partial charge on any atom is -0.366 e. The Bertz CT molecular complexity index is 817. The maximum absolute atomic E-state index is 13.0. The lowest BCUT2D eigenvalue weighted by Gasteiger charge is -2.13. The van der Waals surface area contributed by atoms with E-state index in [0.717, 1.165) is 24.8 Å². The zero-order chi connectivity index (χ0) is 19.1. The van der Waals surface area contributed by atoms with Gasteiger partial charge in [0, 0.05) is 19.2 Å². The van der Waals surface area contributed by atoms with Crippen LogP contribution in [-0.4, -0.2) is 22.4 Å². The molecular formula is C21H25FN4O. The fourth-order valence-corrected chi connectivity index (χ4v) is 3.13. The zero-order valence-corrected chi connectivity index (χ0v) is 15.6. The van der Waals surface area contributed by atoms with Crippen LogP contribution in [0.1, 0.15) is 54.0 Å². The SMILES string of the molecule is Cc1nc(NCc2ccc(F)cc2)cc(C(=O)NCCC2=CCCCC2)n1. The van der Waals surface area contributed by atoms with Gasteiger partial charge in [0.05, 0.1) is 0 Å². The van der Waals surface area contributed by atoms with Crippen molar-refractivity contribution in [3.8, 4) is 0 Å². The van der Waals surface area contributed by atoms with Crippen molar-refractivity contribution in [1.82, 2.24) is 15.3 Å². The monoisotopic (exact) mass is 368 g/mol. The van der Waals surface area contributed by atoms with Gasteiger partial charge in [-0.15, -0.1) is 0 Å². The lowest BCUT2D eigenvalue weighted by Crippen LogP contribution is -2.26. The summed E-state index contributed by atoms with van der Waals surface area (Å²) in [5.74, 6) is 0.646.